The summed E-state index contributed by atoms with van der Waals surface area (Å²) in [6.45, 7) is 0. The predicted octanol–water partition coefficient (Wildman–Crippen LogP) is 4.27. The van der Waals surface area contributed by atoms with Crippen LogP contribution in [-0.2, 0) is 0 Å². The average molecular weight is 244 g/mol. The topological polar surface area (TPSA) is 20.2 Å². The van der Waals surface area contributed by atoms with Gasteiger partial charge >= 0.3 is 0 Å². The molecule has 2 fully saturated rings. The number of aliphatic hydroxyl groups is 1. The third-order valence-corrected chi connectivity index (χ3v) is 4.99. The highest BCUT2D eigenvalue weighted by Gasteiger charge is 2.37. The normalized spacial score (nSPS) is 36.7. The lowest BCUT2D eigenvalue weighted by atomic mass is 9.68. The SMILES string of the molecule is OC12CCCC(CCCC(c3ccccc3)C1)C2. The van der Waals surface area contributed by atoms with Gasteiger partial charge in [0.05, 0.1) is 5.60 Å². The lowest BCUT2D eigenvalue weighted by molar-refractivity contribution is -0.0366. The Morgan fingerprint density at radius 1 is 0.944 bits per heavy atom. The molecule has 1 N–H and O–H groups in total. The van der Waals surface area contributed by atoms with Crippen molar-refractivity contribution >= 4 is 0 Å². The van der Waals surface area contributed by atoms with Crippen LogP contribution < -0.4 is 0 Å². The fourth-order valence-corrected chi connectivity index (χ4v) is 4.12. The third kappa shape index (κ3) is 2.61. The van der Waals surface area contributed by atoms with Gasteiger partial charge in [0.25, 0.3) is 0 Å². The second-order valence-electron chi connectivity index (χ2n) is 6.43. The van der Waals surface area contributed by atoms with Gasteiger partial charge < -0.3 is 5.11 Å². The number of hydrogen-bond donors (Lipinski definition) is 1. The molecule has 98 valence electrons. The summed E-state index contributed by atoms with van der Waals surface area (Å²) in [6.07, 6.45) is 9.53. The first kappa shape index (κ1) is 12.2. The van der Waals surface area contributed by atoms with E-state index >= 15 is 0 Å². The molecule has 18 heavy (non-hydrogen) atoms. The number of rotatable bonds is 1. The van der Waals surface area contributed by atoms with E-state index in [1.807, 2.05) is 0 Å². The van der Waals surface area contributed by atoms with Gasteiger partial charge in [-0.3, -0.25) is 0 Å². The minimum atomic E-state index is -0.371. The van der Waals surface area contributed by atoms with Gasteiger partial charge in [-0.25, -0.2) is 0 Å². The summed E-state index contributed by atoms with van der Waals surface area (Å²) in [5.41, 5.74) is 1.05. The molecule has 0 heterocycles. The molecular weight excluding hydrogens is 220 g/mol. The van der Waals surface area contributed by atoms with Crippen LogP contribution in [0.2, 0.25) is 0 Å². The fraction of sp³-hybridized carbons (Fsp3) is 0.647. The first-order chi connectivity index (χ1) is 8.75. The average Bonchev–Trinajstić information content (AvgIpc) is 2.37. The monoisotopic (exact) mass is 244 g/mol. The van der Waals surface area contributed by atoms with Crippen LogP contribution in [0.15, 0.2) is 30.3 Å². The summed E-state index contributed by atoms with van der Waals surface area (Å²) < 4.78 is 0. The van der Waals surface area contributed by atoms with Crippen molar-refractivity contribution in [2.45, 2.75) is 62.9 Å². The van der Waals surface area contributed by atoms with Gasteiger partial charge in [-0.1, -0.05) is 56.0 Å². The van der Waals surface area contributed by atoms with Crippen molar-refractivity contribution in [1.29, 1.82) is 0 Å². The maximum Gasteiger partial charge on any atom is 0.0656 e. The molecule has 1 heteroatoms. The highest BCUT2D eigenvalue weighted by molar-refractivity contribution is 5.20. The predicted molar refractivity (Wildman–Crippen MR) is 74.6 cm³/mol. The second-order valence-corrected chi connectivity index (χ2v) is 6.43. The number of benzene rings is 1. The molecule has 0 saturated heterocycles. The van der Waals surface area contributed by atoms with Crippen LogP contribution in [0.5, 0.6) is 0 Å². The van der Waals surface area contributed by atoms with Crippen LogP contribution in [0, 0.1) is 5.92 Å². The Hall–Kier alpha value is -0.820. The maximum absolute atomic E-state index is 10.8. The first-order valence-corrected chi connectivity index (χ1v) is 7.52. The fourth-order valence-electron chi connectivity index (χ4n) is 4.12. The molecule has 2 saturated carbocycles. The Bertz CT molecular complexity index is 386. The molecule has 3 atom stereocenters. The Morgan fingerprint density at radius 2 is 1.72 bits per heavy atom. The molecule has 3 rings (SSSR count). The third-order valence-electron chi connectivity index (χ3n) is 4.99. The Morgan fingerprint density at radius 3 is 2.56 bits per heavy atom. The molecule has 0 radical (unpaired) electrons. The molecule has 1 aromatic carbocycles. The highest BCUT2D eigenvalue weighted by Crippen LogP contribution is 2.44. The van der Waals surface area contributed by atoms with Crippen molar-refractivity contribution < 1.29 is 5.11 Å². The van der Waals surface area contributed by atoms with Gasteiger partial charge in [-0.15, -0.1) is 0 Å². The maximum atomic E-state index is 10.8. The van der Waals surface area contributed by atoms with E-state index in [0.717, 1.165) is 25.2 Å². The lowest BCUT2D eigenvalue weighted by Gasteiger charge is -2.41. The molecule has 0 aliphatic heterocycles. The second kappa shape index (κ2) is 5.05. The van der Waals surface area contributed by atoms with Crippen molar-refractivity contribution in [3.05, 3.63) is 35.9 Å². The molecule has 2 aliphatic rings. The number of fused-ring (bicyclic) bond motifs is 2. The zero-order valence-electron chi connectivity index (χ0n) is 11.1. The van der Waals surface area contributed by atoms with E-state index in [1.54, 1.807) is 0 Å². The largest absolute Gasteiger partial charge is 0.390 e. The standard InChI is InChI=1S/C17H24O/c18-17-11-5-7-14(12-17)6-4-10-16(13-17)15-8-2-1-3-9-15/h1-3,8-9,14,16,18H,4-7,10-13H2. The van der Waals surface area contributed by atoms with E-state index in [-0.39, 0.29) is 5.60 Å². The van der Waals surface area contributed by atoms with Gasteiger partial charge in [0.2, 0.25) is 0 Å². The molecule has 0 aromatic heterocycles. The highest BCUT2D eigenvalue weighted by atomic mass is 16.3. The van der Waals surface area contributed by atoms with Crippen LogP contribution >= 0.6 is 0 Å². The molecule has 1 aromatic rings. The van der Waals surface area contributed by atoms with Gasteiger partial charge in [-0.05, 0) is 43.1 Å². The minimum absolute atomic E-state index is 0.371. The van der Waals surface area contributed by atoms with Crippen LogP contribution in [0.25, 0.3) is 0 Å². The van der Waals surface area contributed by atoms with Crippen molar-refractivity contribution in [3.8, 4) is 0 Å². The smallest absolute Gasteiger partial charge is 0.0656 e. The van der Waals surface area contributed by atoms with Gasteiger partial charge in [0, 0.05) is 0 Å². The summed E-state index contributed by atoms with van der Waals surface area (Å²) in [5.74, 6) is 1.36. The summed E-state index contributed by atoms with van der Waals surface area (Å²) in [4.78, 5) is 0. The van der Waals surface area contributed by atoms with E-state index < -0.39 is 0 Å². The Labute approximate surface area is 110 Å². The van der Waals surface area contributed by atoms with E-state index in [0.29, 0.717) is 5.92 Å². The summed E-state index contributed by atoms with van der Waals surface area (Å²) in [7, 11) is 0. The van der Waals surface area contributed by atoms with Gasteiger partial charge in [0.1, 0.15) is 0 Å². The summed E-state index contributed by atoms with van der Waals surface area (Å²) in [5, 5.41) is 10.8. The Balaban J connectivity index is 1.80. The zero-order valence-corrected chi connectivity index (χ0v) is 11.1. The number of hydrogen-bond acceptors (Lipinski definition) is 1. The summed E-state index contributed by atoms with van der Waals surface area (Å²) in [6, 6.07) is 10.8. The van der Waals surface area contributed by atoms with E-state index in [1.165, 1.54) is 37.7 Å². The van der Waals surface area contributed by atoms with E-state index in [9.17, 15) is 5.11 Å². The minimum Gasteiger partial charge on any atom is -0.390 e. The van der Waals surface area contributed by atoms with Crippen LogP contribution in [-0.4, -0.2) is 10.7 Å². The van der Waals surface area contributed by atoms with E-state index in [4.69, 9.17) is 0 Å². The summed E-state index contributed by atoms with van der Waals surface area (Å²) >= 11 is 0. The Kier molecular flexibility index (Phi) is 3.43. The van der Waals surface area contributed by atoms with Crippen molar-refractivity contribution in [2.75, 3.05) is 0 Å². The molecule has 0 spiro atoms. The molecule has 0 amide bonds. The van der Waals surface area contributed by atoms with E-state index in [2.05, 4.69) is 30.3 Å². The van der Waals surface area contributed by atoms with Crippen molar-refractivity contribution in [2.24, 2.45) is 5.92 Å². The quantitative estimate of drug-likeness (QED) is 0.782. The van der Waals surface area contributed by atoms with Crippen LogP contribution in [0.1, 0.15) is 62.8 Å². The zero-order chi connectivity index (χ0) is 12.4. The van der Waals surface area contributed by atoms with Crippen LogP contribution in [0.3, 0.4) is 0 Å². The van der Waals surface area contributed by atoms with Gasteiger partial charge in [0.15, 0.2) is 0 Å². The molecule has 2 bridgehead atoms. The molecule has 2 aliphatic carbocycles. The lowest BCUT2D eigenvalue weighted by Crippen LogP contribution is -2.38. The van der Waals surface area contributed by atoms with Crippen molar-refractivity contribution in [3.63, 3.8) is 0 Å². The van der Waals surface area contributed by atoms with Crippen molar-refractivity contribution in [1.82, 2.24) is 0 Å². The van der Waals surface area contributed by atoms with Crippen LogP contribution in [0.4, 0.5) is 0 Å². The molecular formula is C17H24O. The van der Waals surface area contributed by atoms with Gasteiger partial charge in [-0.2, -0.15) is 0 Å². The molecule has 1 nitrogen and oxygen atoms in total. The first-order valence-electron chi connectivity index (χ1n) is 7.52. The molecule has 3 unspecified atom stereocenters.